The molecule has 1 fully saturated rings. The molecule has 2 atom stereocenters. The van der Waals surface area contributed by atoms with E-state index in [0.29, 0.717) is 5.92 Å². The van der Waals surface area contributed by atoms with Crippen LogP contribution in [0.1, 0.15) is 44.1 Å². The molecule has 84 valence electrons. The Labute approximate surface area is 100 Å². The molecule has 1 aromatic heterocycles. The van der Waals surface area contributed by atoms with Gasteiger partial charge in [0.25, 0.3) is 0 Å². The number of aliphatic hydroxyl groups excluding tert-OH is 1. The van der Waals surface area contributed by atoms with Crippen LogP contribution in [0.5, 0.6) is 0 Å². The smallest absolute Gasteiger partial charge is 0.0932 e. The molecule has 0 radical (unpaired) electrons. The van der Waals surface area contributed by atoms with Crippen molar-refractivity contribution in [2.24, 2.45) is 11.3 Å². The van der Waals surface area contributed by atoms with Crippen LogP contribution in [-0.4, -0.2) is 5.11 Å². The first-order chi connectivity index (χ1) is 7.00. The highest BCUT2D eigenvalue weighted by Crippen LogP contribution is 2.49. The first kappa shape index (κ1) is 11.4. The van der Waals surface area contributed by atoms with E-state index in [9.17, 15) is 5.11 Å². The van der Waals surface area contributed by atoms with E-state index >= 15 is 0 Å². The molecule has 0 spiro atoms. The molecule has 1 saturated carbocycles. The van der Waals surface area contributed by atoms with Crippen molar-refractivity contribution in [3.8, 4) is 0 Å². The minimum Gasteiger partial charge on any atom is -0.387 e. The summed E-state index contributed by atoms with van der Waals surface area (Å²) in [7, 11) is 0. The van der Waals surface area contributed by atoms with E-state index in [1.807, 2.05) is 12.1 Å². The molecule has 1 nitrogen and oxygen atoms in total. The maximum atomic E-state index is 10.3. The number of halogens is 1. The van der Waals surface area contributed by atoms with E-state index in [2.05, 4.69) is 13.8 Å². The molecule has 1 aliphatic rings. The average molecular weight is 245 g/mol. The van der Waals surface area contributed by atoms with Gasteiger partial charge < -0.3 is 5.11 Å². The van der Waals surface area contributed by atoms with Crippen LogP contribution < -0.4 is 0 Å². The summed E-state index contributed by atoms with van der Waals surface area (Å²) < 4.78 is 0.764. The Bertz CT molecular complexity index is 345. The van der Waals surface area contributed by atoms with Crippen LogP contribution >= 0.6 is 22.9 Å². The zero-order valence-corrected chi connectivity index (χ0v) is 10.7. The summed E-state index contributed by atoms with van der Waals surface area (Å²) >= 11 is 7.39. The Hall–Kier alpha value is -0.0500. The van der Waals surface area contributed by atoms with Gasteiger partial charge in [-0.25, -0.2) is 0 Å². The maximum Gasteiger partial charge on any atom is 0.0932 e. The number of thiophene rings is 1. The summed E-state index contributed by atoms with van der Waals surface area (Å²) in [5.74, 6) is 0.382. The minimum atomic E-state index is -0.333. The van der Waals surface area contributed by atoms with Crippen LogP contribution in [0.3, 0.4) is 0 Å². The SMILES string of the molecule is CC1(C)CCCC1C(O)c1ccc(Cl)s1. The number of aliphatic hydroxyl groups is 1. The molecule has 1 N–H and O–H groups in total. The third-order valence-electron chi connectivity index (χ3n) is 3.61. The molecule has 15 heavy (non-hydrogen) atoms. The standard InChI is InChI=1S/C12H17ClOS/c1-12(2)7-3-4-8(12)11(14)9-5-6-10(13)15-9/h5-6,8,11,14H,3-4,7H2,1-2H3. The summed E-state index contributed by atoms with van der Waals surface area (Å²) in [6, 6.07) is 3.82. The molecule has 0 amide bonds. The van der Waals surface area contributed by atoms with Gasteiger partial charge in [0.1, 0.15) is 0 Å². The van der Waals surface area contributed by atoms with Gasteiger partial charge in [-0.2, -0.15) is 0 Å². The molecule has 0 saturated heterocycles. The highest BCUT2D eigenvalue weighted by Gasteiger charge is 2.39. The van der Waals surface area contributed by atoms with E-state index < -0.39 is 0 Å². The van der Waals surface area contributed by atoms with Crippen molar-refractivity contribution < 1.29 is 5.11 Å². The van der Waals surface area contributed by atoms with Crippen molar-refractivity contribution in [1.82, 2.24) is 0 Å². The second-order valence-electron chi connectivity index (χ2n) is 5.07. The third-order valence-corrected chi connectivity index (χ3v) is 4.91. The Morgan fingerprint density at radius 3 is 2.73 bits per heavy atom. The van der Waals surface area contributed by atoms with Gasteiger partial charge >= 0.3 is 0 Å². The van der Waals surface area contributed by atoms with Gasteiger partial charge in [0, 0.05) is 4.88 Å². The van der Waals surface area contributed by atoms with Crippen LogP contribution in [0.25, 0.3) is 0 Å². The summed E-state index contributed by atoms with van der Waals surface area (Å²) in [4.78, 5) is 1.01. The topological polar surface area (TPSA) is 20.2 Å². The lowest BCUT2D eigenvalue weighted by atomic mass is 9.78. The third kappa shape index (κ3) is 2.22. The van der Waals surface area contributed by atoms with E-state index in [-0.39, 0.29) is 11.5 Å². The fourth-order valence-electron chi connectivity index (χ4n) is 2.62. The molecule has 0 aliphatic heterocycles. The molecule has 3 heteroatoms. The fourth-order valence-corrected chi connectivity index (χ4v) is 3.74. The van der Waals surface area contributed by atoms with Gasteiger partial charge in [0.2, 0.25) is 0 Å². The van der Waals surface area contributed by atoms with Crippen molar-refractivity contribution in [1.29, 1.82) is 0 Å². The summed E-state index contributed by atoms with van der Waals surface area (Å²) in [6.45, 7) is 4.51. The van der Waals surface area contributed by atoms with Crippen molar-refractivity contribution in [3.63, 3.8) is 0 Å². The molecular formula is C12H17ClOS. The Morgan fingerprint density at radius 1 is 1.53 bits per heavy atom. The van der Waals surface area contributed by atoms with Crippen molar-refractivity contribution in [2.75, 3.05) is 0 Å². The summed E-state index contributed by atoms with van der Waals surface area (Å²) in [5, 5.41) is 10.3. The summed E-state index contributed by atoms with van der Waals surface area (Å²) in [6.07, 6.45) is 3.24. The number of hydrogen-bond acceptors (Lipinski definition) is 2. The van der Waals surface area contributed by atoms with Gasteiger partial charge in [0.05, 0.1) is 10.4 Å². The normalized spacial score (nSPS) is 26.8. The van der Waals surface area contributed by atoms with Crippen molar-refractivity contribution in [2.45, 2.75) is 39.2 Å². The monoisotopic (exact) mass is 244 g/mol. The maximum absolute atomic E-state index is 10.3. The molecule has 2 unspecified atom stereocenters. The second-order valence-corrected chi connectivity index (χ2v) is 6.82. The number of hydrogen-bond donors (Lipinski definition) is 1. The predicted octanol–water partition coefficient (Wildman–Crippen LogP) is 4.26. The van der Waals surface area contributed by atoms with E-state index in [1.165, 1.54) is 24.2 Å². The second kappa shape index (κ2) is 4.08. The minimum absolute atomic E-state index is 0.260. The first-order valence-corrected chi connectivity index (χ1v) is 6.63. The molecule has 0 bridgehead atoms. The highest BCUT2D eigenvalue weighted by atomic mass is 35.5. The quantitative estimate of drug-likeness (QED) is 0.824. The lowest BCUT2D eigenvalue weighted by Crippen LogP contribution is -2.23. The van der Waals surface area contributed by atoms with Crippen LogP contribution in [0.2, 0.25) is 4.34 Å². The van der Waals surface area contributed by atoms with Crippen molar-refractivity contribution >= 4 is 22.9 Å². The molecule has 0 aromatic carbocycles. The van der Waals surface area contributed by atoms with Crippen LogP contribution in [0.4, 0.5) is 0 Å². The lowest BCUT2D eigenvalue weighted by molar-refractivity contribution is 0.0558. The zero-order valence-electron chi connectivity index (χ0n) is 9.16. The Morgan fingerprint density at radius 2 is 2.27 bits per heavy atom. The van der Waals surface area contributed by atoms with Crippen LogP contribution in [0, 0.1) is 11.3 Å². The van der Waals surface area contributed by atoms with Gasteiger partial charge in [-0.3, -0.25) is 0 Å². The van der Waals surface area contributed by atoms with Gasteiger partial charge in [-0.05, 0) is 36.3 Å². The molecule has 2 rings (SSSR count). The first-order valence-electron chi connectivity index (χ1n) is 5.44. The average Bonchev–Trinajstić information content (AvgIpc) is 2.70. The van der Waals surface area contributed by atoms with E-state index in [1.54, 1.807) is 0 Å². The van der Waals surface area contributed by atoms with Gasteiger partial charge in [-0.1, -0.05) is 31.9 Å². The lowest BCUT2D eigenvalue weighted by Gasteiger charge is -2.30. The molecule has 1 aromatic rings. The predicted molar refractivity (Wildman–Crippen MR) is 65.4 cm³/mol. The van der Waals surface area contributed by atoms with Gasteiger partial charge in [0.15, 0.2) is 0 Å². The molecule has 1 aliphatic carbocycles. The van der Waals surface area contributed by atoms with Gasteiger partial charge in [-0.15, -0.1) is 11.3 Å². The largest absolute Gasteiger partial charge is 0.387 e. The van der Waals surface area contributed by atoms with Crippen molar-refractivity contribution in [3.05, 3.63) is 21.3 Å². The molecular weight excluding hydrogens is 228 g/mol. The highest BCUT2D eigenvalue weighted by molar-refractivity contribution is 7.16. The van der Waals surface area contributed by atoms with E-state index in [4.69, 9.17) is 11.6 Å². The van der Waals surface area contributed by atoms with Crippen LogP contribution in [0.15, 0.2) is 12.1 Å². The molecule has 1 heterocycles. The van der Waals surface area contributed by atoms with E-state index in [0.717, 1.165) is 15.6 Å². The zero-order chi connectivity index (χ0) is 11.1. The number of rotatable bonds is 2. The Kier molecular flexibility index (Phi) is 3.11. The fraction of sp³-hybridized carbons (Fsp3) is 0.667. The Balaban J connectivity index is 2.17. The summed E-state index contributed by atoms with van der Waals surface area (Å²) in [5.41, 5.74) is 0.260. The van der Waals surface area contributed by atoms with Crippen LogP contribution in [-0.2, 0) is 0 Å².